The lowest BCUT2D eigenvalue weighted by Gasteiger charge is -2.35. The number of nitro groups is 1. The van der Waals surface area contributed by atoms with E-state index >= 15 is 0 Å². The van der Waals surface area contributed by atoms with Crippen LogP contribution in [0.4, 0.5) is 11.4 Å². The molecule has 1 saturated heterocycles. The van der Waals surface area contributed by atoms with E-state index in [9.17, 15) is 14.9 Å². The van der Waals surface area contributed by atoms with Gasteiger partial charge in [0.25, 0.3) is 5.69 Å². The number of anilines is 1. The van der Waals surface area contributed by atoms with Crippen molar-refractivity contribution in [3.8, 4) is 5.75 Å². The first-order valence-electron chi connectivity index (χ1n) is 9.48. The second-order valence-electron chi connectivity index (χ2n) is 6.86. The quantitative estimate of drug-likeness (QED) is 0.413. The Balaban J connectivity index is 1.84. The van der Waals surface area contributed by atoms with Gasteiger partial charge in [0.05, 0.1) is 31.3 Å². The molecule has 0 saturated carbocycles. The van der Waals surface area contributed by atoms with Crippen molar-refractivity contribution in [2.75, 3.05) is 45.3 Å². The Morgan fingerprint density at radius 2 is 1.93 bits per heavy atom. The highest BCUT2D eigenvalue weighted by Crippen LogP contribution is 2.29. The number of carbonyl (C=O) groups excluding carboxylic acids is 1. The van der Waals surface area contributed by atoms with Gasteiger partial charge in [0.1, 0.15) is 11.4 Å². The van der Waals surface area contributed by atoms with Crippen molar-refractivity contribution in [2.24, 2.45) is 0 Å². The second kappa shape index (κ2) is 9.49. The number of methoxy groups -OCH3 is 1. The monoisotopic (exact) mass is 399 g/mol. The predicted molar refractivity (Wildman–Crippen MR) is 110 cm³/mol. The lowest BCUT2D eigenvalue weighted by Crippen LogP contribution is -2.41. The van der Waals surface area contributed by atoms with Crippen LogP contribution < -0.4 is 10.1 Å². The van der Waals surface area contributed by atoms with E-state index < -0.39 is 4.92 Å². The number of rotatable bonds is 8. The van der Waals surface area contributed by atoms with Crippen LogP contribution in [0.3, 0.4) is 0 Å². The highest BCUT2D eigenvalue weighted by Gasteiger charge is 2.24. The van der Waals surface area contributed by atoms with Gasteiger partial charge in [-0.2, -0.15) is 0 Å². The van der Waals surface area contributed by atoms with Crippen LogP contribution in [0.2, 0.25) is 0 Å². The molecule has 1 N–H and O–H groups in total. The number of Topliss-reactive ketones (excluding diaryl/α,β-unsaturated/α-hetero) is 1. The molecule has 1 heterocycles. The zero-order valence-corrected chi connectivity index (χ0v) is 16.6. The number of nitrogens with one attached hydrogen (secondary N) is 1. The smallest absolute Gasteiger partial charge is 0.293 e. The molecule has 0 spiro atoms. The number of ether oxygens (including phenoxy) is 2. The van der Waals surface area contributed by atoms with E-state index in [1.165, 1.54) is 13.0 Å². The first-order chi connectivity index (χ1) is 14.0. The molecule has 1 unspecified atom stereocenters. The number of nitrogens with zero attached hydrogens (tertiary/aromatic N) is 2. The van der Waals surface area contributed by atoms with E-state index in [-0.39, 0.29) is 17.5 Å². The normalized spacial score (nSPS) is 15.5. The number of ketones is 1. The summed E-state index contributed by atoms with van der Waals surface area (Å²) in [7, 11) is 1.62. The summed E-state index contributed by atoms with van der Waals surface area (Å²) in [6.45, 7) is 4.74. The molecule has 1 atom stereocenters. The Morgan fingerprint density at radius 1 is 1.24 bits per heavy atom. The second-order valence-corrected chi connectivity index (χ2v) is 6.86. The fourth-order valence-corrected chi connectivity index (χ4v) is 3.43. The molecule has 1 aliphatic rings. The molecule has 8 heteroatoms. The fourth-order valence-electron chi connectivity index (χ4n) is 3.43. The molecule has 0 bridgehead atoms. The van der Waals surface area contributed by atoms with Gasteiger partial charge in [-0.1, -0.05) is 12.1 Å². The van der Waals surface area contributed by atoms with Crippen molar-refractivity contribution in [2.45, 2.75) is 13.0 Å². The van der Waals surface area contributed by atoms with Gasteiger partial charge < -0.3 is 14.8 Å². The van der Waals surface area contributed by atoms with E-state index in [1.54, 1.807) is 19.2 Å². The van der Waals surface area contributed by atoms with Gasteiger partial charge in [-0.05, 0) is 36.8 Å². The zero-order chi connectivity index (χ0) is 20.8. The molecule has 154 valence electrons. The standard InChI is InChI=1S/C21H25N3O5/c1-15(25)17-5-8-19(20(13-17)24(26)27)22-14-21(23-9-11-29-12-10-23)16-3-6-18(28-2)7-4-16/h3-8,13,21-22H,9-12,14H2,1-2H3. The van der Waals surface area contributed by atoms with Crippen LogP contribution in [0.25, 0.3) is 0 Å². The van der Waals surface area contributed by atoms with Crippen molar-refractivity contribution >= 4 is 17.2 Å². The van der Waals surface area contributed by atoms with E-state index in [1.807, 2.05) is 24.3 Å². The molecule has 2 aromatic rings. The predicted octanol–water partition coefficient (Wildman–Crippen LogP) is 3.29. The van der Waals surface area contributed by atoms with Crippen LogP contribution in [-0.2, 0) is 4.74 Å². The zero-order valence-electron chi connectivity index (χ0n) is 16.6. The topological polar surface area (TPSA) is 93.9 Å². The first kappa shape index (κ1) is 20.8. The highest BCUT2D eigenvalue weighted by atomic mass is 16.6. The van der Waals surface area contributed by atoms with Crippen molar-refractivity contribution in [1.29, 1.82) is 0 Å². The third kappa shape index (κ3) is 5.10. The van der Waals surface area contributed by atoms with Crippen LogP contribution in [-0.4, -0.2) is 55.6 Å². The molecular formula is C21H25N3O5. The van der Waals surface area contributed by atoms with Crippen molar-refractivity contribution < 1.29 is 19.2 Å². The summed E-state index contributed by atoms with van der Waals surface area (Å²) in [6, 6.07) is 12.4. The van der Waals surface area contributed by atoms with Gasteiger partial charge in [0.15, 0.2) is 5.78 Å². The number of hydrogen-bond donors (Lipinski definition) is 1. The van der Waals surface area contributed by atoms with Crippen LogP contribution in [0.15, 0.2) is 42.5 Å². The molecule has 0 radical (unpaired) electrons. The number of morpholine rings is 1. The summed E-state index contributed by atoms with van der Waals surface area (Å²) >= 11 is 0. The van der Waals surface area contributed by atoms with Crippen molar-refractivity contribution in [3.63, 3.8) is 0 Å². The number of nitro benzene ring substituents is 1. The van der Waals surface area contributed by atoms with E-state index in [0.717, 1.165) is 24.4 Å². The average Bonchev–Trinajstić information content (AvgIpc) is 2.75. The molecule has 1 aliphatic heterocycles. The summed E-state index contributed by atoms with van der Waals surface area (Å²) in [5, 5.41) is 14.7. The summed E-state index contributed by atoms with van der Waals surface area (Å²) in [5.74, 6) is 0.571. The van der Waals surface area contributed by atoms with Gasteiger partial charge in [-0.15, -0.1) is 0 Å². The fraction of sp³-hybridized carbons (Fsp3) is 0.381. The van der Waals surface area contributed by atoms with E-state index in [4.69, 9.17) is 9.47 Å². The van der Waals surface area contributed by atoms with Gasteiger partial charge >= 0.3 is 0 Å². The van der Waals surface area contributed by atoms with Gasteiger partial charge in [-0.25, -0.2) is 0 Å². The third-order valence-electron chi connectivity index (χ3n) is 5.07. The molecule has 29 heavy (non-hydrogen) atoms. The maximum atomic E-state index is 11.6. The van der Waals surface area contributed by atoms with Gasteiger partial charge in [0, 0.05) is 31.3 Å². The lowest BCUT2D eigenvalue weighted by atomic mass is 10.0. The minimum absolute atomic E-state index is 0.0110. The van der Waals surface area contributed by atoms with Gasteiger partial charge in [-0.3, -0.25) is 19.8 Å². The summed E-state index contributed by atoms with van der Waals surface area (Å²) in [5.41, 5.74) is 1.70. The van der Waals surface area contributed by atoms with E-state index in [2.05, 4.69) is 10.2 Å². The van der Waals surface area contributed by atoms with Gasteiger partial charge in [0.2, 0.25) is 0 Å². The number of benzene rings is 2. The molecular weight excluding hydrogens is 374 g/mol. The highest BCUT2D eigenvalue weighted by molar-refractivity contribution is 5.95. The summed E-state index contributed by atoms with van der Waals surface area (Å²) in [6.07, 6.45) is 0. The maximum absolute atomic E-state index is 11.6. The summed E-state index contributed by atoms with van der Waals surface area (Å²) < 4.78 is 10.7. The Bertz CT molecular complexity index is 863. The number of hydrogen-bond acceptors (Lipinski definition) is 7. The number of carbonyl (C=O) groups is 1. The SMILES string of the molecule is COc1ccc(C(CNc2ccc(C(C)=O)cc2[N+](=O)[O-])N2CCOCC2)cc1. The molecule has 8 nitrogen and oxygen atoms in total. The third-order valence-corrected chi connectivity index (χ3v) is 5.07. The molecule has 0 amide bonds. The maximum Gasteiger partial charge on any atom is 0.293 e. The Morgan fingerprint density at radius 3 is 2.52 bits per heavy atom. The molecule has 0 aromatic heterocycles. The Kier molecular flexibility index (Phi) is 6.79. The van der Waals surface area contributed by atoms with Crippen LogP contribution in [0.5, 0.6) is 5.75 Å². The molecule has 3 rings (SSSR count). The van der Waals surface area contributed by atoms with E-state index in [0.29, 0.717) is 31.0 Å². The van der Waals surface area contributed by atoms with Crippen LogP contribution in [0, 0.1) is 10.1 Å². The van der Waals surface area contributed by atoms with Crippen LogP contribution >= 0.6 is 0 Å². The minimum atomic E-state index is -0.466. The average molecular weight is 399 g/mol. The Labute approximate surface area is 169 Å². The largest absolute Gasteiger partial charge is 0.497 e. The lowest BCUT2D eigenvalue weighted by molar-refractivity contribution is -0.384. The molecule has 0 aliphatic carbocycles. The summed E-state index contributed by atoms with van der Waals surface area (Å²) in [4.78, 5) is 24.9. The first-order valence-corrected chi connectivity index (χ1v) is 9.48. The molecule has 1 fully saturated rings. The van der Waals surface area contributed by atoms with Crippen molar-refractivity contribution in [1.82, 2.24) is 4.90 Å². The van der Waals surface area contributed by atoms with Crippen molar-refractivity contribution in [3.05, 3.63) is 63.7 Å². The Hall–Kier alpha value is -2.97. The molecule has 2 aromatic carbocycles. The minimum Gasteiger partial charge on any atom is -0.497 e. The van der Waals surface area contributed by atoms with Crippen LogP contribution in [0.1, 0.15) is 28.9 Å².